The van der Waals surface area contributed by atoms with Crippen molar-refractivity contribution >= 4 is 35.0 Å². The number of hydrogen-bond acceptors (Lipinski definition) is 13. The number of amides is 2. The number of carbonyl (C=O) groups excluding carboxylic acids is 3. The van der Waals surface area contributed by atoms with Crippen LogP contribution in [0.15, 0.2) is 43.0 Å². The predicted molar refractivity (Wildman–Crippen MR) is 147 cm³/mol. The van der Waals surface area contributed by atoms with Gasteiger partial charge in [0.1, 0.15) is 43.1 Å². The number of nitrogens with zero attached hydrogens (tertiary/aromatic N) is 5. The zero-order valence-corrected chi connectivity index (χ0v) is 24.2. The molecule has 2 aromatic heterocycles. The number of likely N-dealkylation sites (tertiary alicyclic amines) is 1. The zero-order valence-electron chi connectivity index (χ0n) is 24.2. The number of anilines is 1. The molecule has 3 saturated heterocycles. The minimum atomic E-state index is -1.98. The van der Waals surface area contributed by atoms with Crippen molar-refractivity contribution in [2.24, 2.45) is 0 Å². The first kappa shape index (κ1) is 29.8. The van der Waals surface area contributed by atoms with Gasteiger partial charge in [-0.05, 0) is 19.4 Å². The third-order valence-electron chi connectivity index (χ3n) is 8.15. The molecule has 44 heavy (non-hydrogen) atoms. The van der Waals surface area contributed by atoms with Crippen LogP contribution in [0.2, 0.25) is 0 Å². The van der Waals surface area contributed by atoms with E-state index in [9.17, 15) is 24.6 Å². The van der Waals surface area contributed by atoms with Crippen LogP contribution >= 0.6 is 0 Å². The van der Waals surface area contributed by atoms with E-state index >= 15 is 0 Å². The number of ether oxygens (including phenoxy) is 5. The largest absolute Gasteiger partial charge is 0.466 e. The summed E-state index contributed by atoms with van der Waals surface area (Å²) in [5, 5.41) is 24.5. The van der Waals surface area contributed by atoms with E-state index in [1.807, 2.05) is 30.3 Å². The van der Waals surface area contributed by atoms with Crippen LogP contribution in [-0.4, -0.2) is 109 Å². The SMILES string of the molecule is CCOC1C[C@@]2(C)OC1(C(=O)OC)C(=O)N2C[C@H]1O[C@@H](n2cnc3c(NC(=O)OCc4ccccc4)ncnc32)[C@H](O)[C@@H]1O. The maximum atomic E-state index is 13.6. The zero-order chi connectivity index (χ0) is 31.2. The van der Waals surface area contributed by atoms with E-state index in [2.05, 4.69) is 20.3 Å². The molecule has 2 amide bonds. The van der Waals surface area contributed by atoms with Crippen molar-refractivity contribution in [3.63, 3.8) is 0 Å². The molecule has 234 valence electrons. The smallest absolute Gasteiger partial charge is 0.413 e. The molecular formula is C28H32N6O10. The topological polar surface area (TPSA) is 197 Å². The van der Waals surface area contributed by atoms with Gasteiger partial charge in [0.05, 0.1) is 20.0 Å². The molecule has 5 heterocycles. The Balaban J connectivity index is 1.18. The highest BCUT2D eigenvalue weighted by Crippen LogP contribution is 2.51. The summed E-state index contributed by atoms with van der Waals surface area (Å²) in [4.78, 5) is 52.8. The minimum Gasteiger partial charge on any atom is -0.466 e. The first-order chi connectivity index (χ1) is 21.1. The van der Waals surface area contributed by atoms with Crippen LogP contribution in [0.3, 0.4) is 0 Å². The summed E-state index contributed by atoms with van der Waals surface area (Å²) in [5.41, 5.74) is -2.04. The highest BCUT2D eigenvalue weighted by molar-refractivity contribution is 6.09. The second-order valence-electron chi connectivity index (χ2n) is 10.8. The number of aliphatic hydroxyl groups is 2. The first-order valence-electron chi connectivity index (χ1n) is 14.0. The Morgan fingerprint density at radius 1 is 1.16 bits per heavy atom. The second kappa shape index (κ2) is 11.4. The van der Waals surface area contributed by atoms with Gasteiger partial charge >= 0.3 is 12.1 Å². The molecule has 3 fully saturated rings. The molecule has 3 N–H and O–H groups in total. The van der Waals surface area contributed by atoms with Crippen LogP contribution in [0, 0.1) is 0 Å². The van der Waals surface area contributed by atoms with Crippen molar-refractivity contribution < 1.29 is 48.3 Å². The number of fused-ring (bicyclic) bond motifs is 3. The predicted octanol–water partition coefficient (Wildman–Crippen LogP) is 0.490. The molecule has 6 rings (SSSR count). The van der Waals surface area contributed by atoms with Gasteiger partial charge in [-0.2, -0.15) is 0 Å². The normalized spacial score (nSPS) is 31.1. The van der Waals surface area contributed by atoms with Crippen molar-refractivity contribution in [1.82, 2.24) is 24.4 Å². The molecule has 3 aliphatic heterocycles. The fraction of sp³-hybridized carbons (Fsp3) is 0.500. The number of aliphatic hydroxyl groups excluding tert-OH is 2. The van der Waals surface area contributed by atoms with Crippen molar-refractivity contribution in [1.29, 1.82) is 0 Å². The molecule has 2 unspecified atom stereocenters. The summed E-state index contributed by atoms with van der Waals surface area (Å²) in [6, 6.07) is 9.15. The molecule has 16 heteroatoms. The molecule has 2 bridgehead atoms. The van der Waals surface area contributed by atoms with Gasteiger partial charge in [-0.25, -0.2) is 24.5 Å². The molecular weight excluding hydrogens is 580 g/mol. The summed E-state index contributed by atoms with van der Waals surface area (Å²) in [6.45, 7) is 3.48. The average molecular weight is 613 g/mol. The van der Waals surface area contributed by atoms with Gasteiger partial charge < -0.3 is 38.8 Å². The number of nitrogens with one attached hydrogen (secondary N) is 1. The number of aromatic nitrogens is 4. The lowest BCUT2D eigenvalue weighted by molar-refractivity contribution is -0.178. The Kier molecular flexibility index (Phi) is 7.71. The molecule has 1 aromatic carbocycles. The molecule has 0 saturated carbocycles. The Morgan fingerprint density at radius 3 is 2.66 bits per heavy atom. The highest BCUT2D eigenvalue weighted by Gasteiger charge is 2.74. The average Bonchev–Trinajstić information content (AvgIpc) is 3.72. The van der Waals surface area contributed by atoms with Gasteiger partial charge in [-0.1, -0.05) is 30.3 Å². The minimum absolute atomic E-state index is 0.0490. The van der Waals surface area contributed by atoms with E-state index in [-0.39, 0.29) is 43.2 Å². The number of piperidine rings is 1. The maximum Gasteiger partial charge on any atom is 0.413 e. The monoisotopic (exact) mass is 612 g/mol. The lowest BCUT2D eigenvalue weighted by atomic mass is 9.88. The standard InChI is InChI=1S/C28H32N6O10/c1-4-41-17-10-27(2)34(24(37)28(17,44-27)25(38)40-3)11-16-19(35)20(36)23(43-16)33-14-31-18-21(29-13-30-22(18)33)32-26(39)42-12-15-8-6-5-7-9-15/h5-9,13-14,16-17,19-20,23,35-36H,4,10-12H2,1-3H3,(H,29,30,32,39)/t16-,17?,19-,20-,23-,27-,28?/m1/s1. The number of imidazole rings is 1. The first-order valence-corrected chi connectivity index (χ1v) is 14.0. The number of hydrogen-bond donors (Lipinski definition) is 3. The van der Waals surface area contributed by atoms with Gasteiger partial charge in [-0.3, -0.25) is 14.7 Å². The quantitative estimate of drug-likeness (QED) is 0.223. The second-order valence-corrected chi connectivity index (χ2v) is 10.8. The van der Waals surface area contributed by atoms with E-state index in [0.29, 0.717) is 0 Å². The number of rotatable bonds is 9. The summed E-state index contributed by atoms with van der Waals surface area (Å²) >= 11 is 0. The Hall–Kier alpha value is -4.22. The van der Waals surface area contributed by atoms with Gasteiger partial charge in [0, 0.05) is 13.0 Å². The molecule has 3 aromatic rings. The number of carbonyl (C=O) groups is 3. The third-order valence-corrected chi connectivity index (χ3v) is 8.15. The van der Waals surface area contributed by atoms with Crippen LogP contribution < -0.4 is 5.32 Å². The molecule has 0 spiro atoms. The van der Waals surface area contributed by atoms with Gasteiger partial charge in [-0.15, -0.1) is 0 Å². The number of benzene rings is 1. The van der Waals surface area contributed by atoms with Gasteiger partial charge in [0.25, 0.3) is 11.5 Å². The fourth-order valence-corrected chi connectivity index (χ4v) is 6.04. The summed E-state index contributed by atoms with van der Waals surface area (Å²) < 4.78 is 29.3. The molecule has 3 aliphatic rings. The lowest BCUT2D eigenvalue weighted by Gasteiger charge is -2.38. The summed E-state index contributed by atoms with van der Waals surface area (Å²) in [5.74, 6) is -1.49. The summed E-state index contributed by atoms with van der Waals surface area (Å²) in [6.07, 6.45) is -4.03. The van der Waals surface area contributed by atoms with E-state index in [4.69, 9.17) is 23.7 Å². The molecule has 16 nitrogen and oxygen atoms in total. The maximum absolute atomic E-state index is 13.6. The Morgan fingerprint density at radius 2 is 1.93 bits per heavy atom. The van der Waals surface area contributed by atoms with Gasteiger partial charge in [0.2, 0.25) is 0 Å². The van der Waals surface area contributed by atoms with Crippen LogP contribution in [0.25, 0.3) is 11.2 Å². The highest BCUT2D eigenvalue weighted by atomic mass is 16.6. The number of esters is 1. The van der Waals surface area contributed by atoms with E-state index in [1.54, 1.807) is 13.8 Å². The van der Waals surface area contributed by atoms with E-state index in [0.717, 1.165) is 12.7 Å². The number of methoxy groups -OCH3 is 1. The molecule has 0 aliphatic carbocycles. The summed E-state index contributed by atoms with van der Waals surface area (Å²) in [7, 11) is 1.16. The van der Waals surface area contributed by atoms with E-state index in [1.165, 1.54) is 22.1 Å². The third kappa shape index (κ3) is 4.75. The Bertz CT molecular complexity index is 1570. The van der Waals surface area contributed by atoms with Crippen molar-refractivity contribution in [2.75, 3.05) is 25.6 Å². The van der Waals surface area contributed by atoms with Gasteiger partial charge in [0.15, 0.2) is 23.2 Å². The van der Waals surface area contributed by atoms with Crippen LogP contribution in [0.1, 0.15) is 32.1 Å². The van der Waals surface area contributed by atoms with Crippen molar-refractivity contribution in [3.05, 3.63) is 48.5 Å². The van der Waals surface area contributed by atoms with Crippen LogP contribution in [0.5, 0.6) is 0 Å². The molecule has 7 atom stereocenters. The molecule has 0 radical (unpaired) electrons. The van der Waals surface area contributed by atoms with E-state index < -0.39 is 59.9 Å². The lowest BCUT2D eigenvalue weighted by Crippen LogP contribution is -2.61. The fourth-order valence-electron chi connectivity index (χ4n) is 6.04. The van der Waals surface area contributed by atoms with Crippen LogP contribution in [-0.2, 0) is 39.9 Å². The Labute approximate surface area is 250 Å². The van der Waals surface area contributed by atoms with Crippen molar-refractivity contribution in [3.8, 4) is 0 Å². The van der Waals surface area contributed by atoms with Crippen molar-refractivity contribution in [2.45, 2.75) is 68.8 Å². The van der Waals surface area contributed by atoms with Crippen LogP contribution in [0.4, 0.5) is 10.6 Å².